The lowest BCUT2D eigenvalue weighted by atomic mass is 9.81. The lowest BCUT2D eigenvalue weighted by Crippen LogP contribution is -2.43. The highest BCUT2D eigenvalue weighted by atomic mass is 16.3. The molecule has 0 aromatic heterocycles. The van der Waals surface area contributed by atoms with Crippen LogP contribution in [0.5, 0.6) is 5.75 Å². The zero-order chi connectivity index (χ0) is 14.8. The van der Waals surface area contributed by atoms with E-state index in [1.54, 1.807) is 24.3 Å². The average molecular weight is 272 g/mol. The van der Waals surface area contributed by atoms with Crippen molar-refractivity contribution in [3.63, 3.8) is 0 Å². The summed E-state index contributed by atoms with van der Waals surface area (Å²) >= 11 is 0. The van der Waals surface area contributed by atoms with Gasteiger partial charge in [-0.1, -0.05) is 12.1 Å². The maximum atomic E-state index is 12.5. The molecule has 4 nitrogen and oxygen atoms in total. The quantitative estimate of drug-likeness (QED) is 0.900. The predicted molar refractivity (Wildman–Crippen MR) is 76.1 cm³/mol. The molecule has 1 fully saturated rings. The number of carbonyl (C=O) groups excluding carboxylic acids is 1. The zero-order valence-corrected chi connectivity index (χ0v) is 12.0. The van der Waals surface area contributed by atoms with E-state index >= 15 is 0 Å². The molecule has 1 N–H and O–H groups in total. The third-order valence-corrected chi connectivity index (χ3v) is 4.21. The Morgan fingerprint density at radius 3 is 2.40 bits per heavy atom. The number of rotatable bonds is 2. The lowest BCUT2D eigenvalue weighted by Gasteiger charge is -2.36. The molecule has 0 unspecified atom stereocenters. The molecule has 1 saturated heterocycles. The van der Waals surface area contributed by atoms with E-state index in [4.69, 9.17) is 5.26 Å². The zero-order valence-electron chi connectivity index (χ0n) is 12.0. The number of piperidine rings is 1. The first kappa shape index (κ1) is 14.4. The van der Waals surface area contributed by atoms with Gasteiger partial charge < -0.3 is 10.0 Å². The van der Waals surface area contributed by atoms with Gasteiger partial charge in [-0.15, -0.1) is 0 Å². The van der Waals surface area contributed by atoms with Gasteiger partial charge in [0, 0.05) is 13.1 Å². The van der Waals surface area contributed by atoms with E-state index < -0.39 is 0 Å². The number of benzene rings is 1. The number of nitrogens with zero attached hydrogens (tertiary/aromatic N) is 2. The van der Waals surface area contributed by atoms with Crippen molar-refractivity contribution >= 4 is 5.91 Å². The van der Waals surface area contributed by atoms with Gasteiger partial charge in [-0.25, -0.2) is 0 Å². The highest BCUT2D eigenvalue weighted by molar-refractivity contribution is 5.83. The first-order valence-corrected chi connectivity index (χ1v) is 6.94. The van der Waals surface area contributed by atoms with E-state index in [9.17, 15) is 9.90 Å². The summed E-state index contributed by atoms with van der Waals surface area (Å²) in [4.78, 5) is 14.3. The van der Waals surface area contributed by atoms with Gasteiger partial charge in [0.2, 0.25) is 5.91 Å². The molecule has 1 heterocycles. The molecule has 1 atom stereocenters. The second-order valence-corrected chi connectivity index (χ2v) is 5.81. The highest BCUT2D eigenvalue weighted by Crippen LogP contribution is 2.31. The molecule has 0 radical (unpaired) electrons. The fourth-order valence-corrected chi connectivity index (χ4v) is 2.51. The van der Waals surface area contributed by atoms with Gasteiger partial charge >= 0.3 is 0 Å². The summed E-state index contributed by atoms with van der Waals surface area (Å²) in [6, 6.07) is 9.10. The van der Waals surface area contributed by atoms with Crippen molar-refractivity contribution in [1.29, 1.82) is 5.26 Å². The van der Waals surface area contributed by atoms with Crippen LogP contribution >= 0.6 is 0 Å². The van der Waals surface area contributed by atoms with Crippen molar-refractivity contribution in [3.05, 3.63) is 29.8 Å². The second-order valence-electron chi connectivity index (χ2n) is 5.81. The number of phenolic OH excluding ortho intramolecular Hbond substituents is 1. The molecular formula is C16H20N2O2. The Labute approximate surface area is 119 Å². The minimum atomic E-state index is -0.293. The molecule has 0 aliphatic carbocycles. The van der Waals surface area contributed by atoms with Crippen LogP contribution in [0.1, 0.15) is 38.2 Å². The Morgan fingerprint density at radius 2 is 1.90 bits per heavy atom. The molecular weight excluding hydrogens is 252 g/mol. The third kappa shape index (κ3) is 2.93. The van der Waals surface area contributed by atoms with Crippen molar-refractivity contribution in [2.45, 2.75) is 32.6 Å². The number of carbonyl (C=O) groups is 1. The van der Waals surface area contributed by atoms with Crippen molar-refractivity contribution in [1.82, 2.24) is 4.90 Å². The molecule has 20 heavy (non-hydrogen) atoms. The summed E-state index contributed by atoms with van der Waals surface area (Å²) in [5.74, 6) is 0.0777. The Kier molecular flexibility index (Phi) is 3.99. The van der Waals surface area contributed by atoms with Crippen molar-refractivity contribution in [3.8, 4) is 11.8 Å². The SMILES string of the molecule is C[C@H](C(=O)N1CCC(C)(C#N)CC1)c1ccc(O)cc1. The molecule has 1 aliphatic rings. The smallest absolute Gasteiger partial charge is 0.229 e. The highest BCUT2D eigenvalue weighted by Gasteiger charge is 2.33. The largest absolute Gasteiger partial charge is 0.508 e. The molecule has 106 valence electrons. The summed E-state index contributed by atoms with van der Waals surface area (Å²) < 4.78 is 0. The Bertz CT molecular complexity index is 522. The number of amides is 1. The Balaban J connectivity index is 2.02. The lowest BCUT2D eigenvalue weighted by molar-refractivity contribution is -0.134. The molecule has 1 aromatic carbocycles. The molecule has 0 saturated carbocycles. The van der Waals surface area contributed by atoms with Gasteiger partial charge in [-0.3, -0.25) is 4.79 Å². The van der Waals surface area contributed by atoms with Crippen molar-refractivity contribution in [2.24, 2.45) is 5.41 Å². The first-order valence-electron chi connectivity index (χ1n) is 6.94. The predicted octanol–water partition coefficient (Wildman–Crippen LogP) is 2.65. The van der Waals surface area contributed by atoms with Crippen LogP contribution in [0.3, 0.4) is 0 Å². The fourth-order valence-electron chi connectivity index (χ4n) is 2.51. The molecule has 0 bridgehead atoms. The van der Waals surface area contributed by atoms with Crippen LogP contribution in [0, 0.1) is 16.7 Å². The summed E-state index contributed by atoms with van der Waals surface area (Å²) in [6.07, 6.45) is 1.47. The number of phenols is 1. The topological polar surface area (TPSA) is 64.3 Å². The van der Waals surface area contributed by atoms with E-state index in [-0.39, 0.29) is 23.0 Å². The van der Waals surface area contributed by atoms with E-state index in [0.717, 1.165) is 18.4 Å². The van der Waals surface area contributed by atoms with Crippen LogP contribution in [-0.2, 0) is 4.79 Å². The first-order chi connectivity index (χ1) is 9.45. The maximum absolute atomic E-state index is 12.5. The normalized spacial score (nSPS) is 19.1. The summed E-state index contributed by atoms with van der Waals surface area (Å²) in [5, 5.41) is 18.4. The van der Waals surface area contributed by atoms with Crippen LogP contribution in [-0.4, -0.2) is 29.0 Å². The average Bonchev–Trinajstić information content (AvgIpc) is 2.47. The molecule has 0 spiro atoms. The van der Waals surface area contributed by atoms with Crippen LogP contribution in [0.15, 0.2) is 24.3 Å². The number of hydrogen-bond acceptors (Lipinski definition) is 3. The fraction of sp³-hybridized carbons (Fsp3) is 0.500. The number of likely N-dealkylation sites (tertiary alicyclic amines) is 1. The molecule has 1 aromatic rings. The van der Waals surface area contributed by atoms with Gasteiger partial charge in [0.15, 0.2) is 0 Å². The number of nitriles is 1. The number of hydrogen-bond donors (Lipinski definition) is 1. The van der Waals surface area contributed by atoms with Crippen molar-refractivity contribution < 1.29 is 9.90 Å². The minimum absolute atomic E-state index is 0.0932. The van der Waals surface area contributed by atoms with E-state index in [0.29, 0.717) is 13.1 Å². The van der Waals surface area contributed by atoms with Gasteiger partial charge in [-0.2, -0.15) is 5.26 Å². The van der Waals surface area contributed by atoms with E-state index in [2.05, 4.69) is 6.07 Å². The van der Waals surface area contributed by atoms with Gasteiger partial charge in [0.05, 0.1) is 17.4 Å². The maximum Gasteiger partial charge on any atom is 0.229 e. The van der Waals surface area contributed by atoms with E-state index in [1.165, 1.54) is 0 Å². The number of aromatic hydroxyl groups is 1. The molecule has 1 amide bonds. The Morgan fingerprint density at radius 1 is 1.35 bits per heavy atom. The third-order valence-electron chi connectivity index (χ3n) is 4.21. The molecule has 4 heteroatoms. The minimum Gasteiger partial charge on any atom is -0.508 e. The molecule has 2 rings (SSSR count). The van der Waals surface area contributed by atoms with Crippen molar-refractivity contribution in [2.75, 3.05) is 13.1 Å². The van der Waals surface area contributed by atoms with Crippen LogP contribution in [0.25, 0.3) is 0 Å². The van der Waals surface area contributed by atoms with Crippen LogP contribution in [0.2, 0.25) is 0 Å². The van der Waals surface area contributed by atoms with Gasteiger partial charge in [-0.05, 0) is 44.4 Å². The molecule has 1 aliphatic heterocycles. The Hall–Kier alpha value is -2.02. The standard InChI is InChI=1S/C16H20N2O2/c1-12(13-3-5-14(19)6-4-13)15(20)18-9-7-16(2,11-17)8-10-18/h3-6,12,19H,7-10H2,1-2H3/t12-/m0/s1. The van der Waals surface area contributed by atoms with Gasteiger partial charge in [0.1, 0.15) is 5.75 Å². The van der Waals surface area contributed by atoms with Crippen LogP contribution in [0.4, 0.5) is 0 Å². The monoisotopic (exact) mass is 272 g/mol. The summed E-state index contributed by atoms with van der Waals surface area (Å²) in [6.45, 7) is 5.13. The second kappa shape index (κ2) is 5.54. The van der Waals surface area contributed by atoms with Crippen LogP contribution < -0.4 is 0 Å². The summed E-state index contributed by atoms with van der Waals surface area (Å²) in [7, 11) is 0. The summed E-state index contributed by atoms with van der Waals surface area (Å²) in [5.41, 5.74) is 0.611. The van der Waals surface area contributed by atoms with E-state index in [1.807, 2.05) is 18.7 Å². The van der Waals surface area contributed by atoms with Gasteiger partial charge in [0.25, 0.3) is 0 Å².